The summed E-state index contributed by atoms with van der Waals surface area (Å²) in [5, 5.41) is 5.76. The molecule has 0 radical (unpaired) electrons. The van der Waals surface area contributed by atoms with Crippen LogP contribution in [0.4, 0.5) is 18.9 Å². The van der Waals surface area contributed by atoms with Crippen molar-refractivity contribution in [2.24, 2.45) is 11.0 Å². The SMILES string of the molecule is O=C1CC2CCc3ccc(C(F)(F)F)cc3C2=NN1c1ccccc1. The molecule has 0 saturated carbocycles. The van der Waals surface area contributed by atoms with Gasteiger partial charge in [0.2, 0.25) is 5.91 Å². The van der Waals surface area contributed by atoms with Crippen LogP contribution in [0.5, 0.6) is 0 Å². The van der Waals surface area contributed by atoms with Crippen molar-refractivity contribution >= 4 is 17.3 Å². The fourth-order valence-electron chi connectivity index (χ4n) is 3.46. The second kappa shape index (κ2) is 5.72. The second-order valence-electron chi connectivity index (χ2n) is 6.34. The number of rotatable bonds is 1. The summed E-state index contributed by atoms with van der Waals surface area (Å²) in [4.78, 5) is 12.4. The van der Waals surface area contributed by atoms with Crippen molar-refractivity contribution in [1.82, 2.24) is 0 Å². The molecular weight excluding hydrogens is 329 g/mol. The first-order valence-electron chi connectivity index (χ1n) is 8.10. The van der Waals surface area contributed by atoms with Gasteiger partial charge in [0.25, 0.3) is 0 Å². The van der Waals surface area contributed by atoms with Gasteiger partial charge in [-0.2, -0.15) is 18.3 Å². The summed E-state index contributed by atoms with van der Waals surface area (Å²) < 4.78 is 39.2. The van der Waals surface area contributed by atoms with Crippen LogP contribution in [0.15, 0.2) is 53.6 Å². The quantitative estimate of drug-likeness (QED) is 0.754. The zero-order chi connectivity index (χ0) is 17.6. The van der Waals surface area contributed by atoms with Crippen LogP contribution >= 0.6 is 0 Å². The molecule has 0 aromatic heterocycles. The van der Waals surface area contributed by atoms with E-state index in [0.29, 0.717) is 23.4 Å². The maximum Gasteiger partial charge on any atom is 0.416 e. The molecule has 1 amide bonds. The van der Waals surface area contributed by atoms with Crippen LogP contribution in [0, 0.1) is 5.92 Å². The first-order chi connectivity index (χ1) is 11.9. The van der Waals surface area contributed by atoms with E-state index in [1.54, 1.807) is 24.3 Å². The third-order valence-corrected chi connectivity index (χ3v) is 4.73. The Morgan fingerprint density at radius 3 is 2.56 bits per heavy atom. The van der Waals surface area contributed by atoms with Crippen molar-refractivity contribution in [3.05, 3.63) is 65.2 Å². The Morgan fingerprint density at radius 2 is 1.84 bits per heavy atom. The Bertz CT molecular complexity index is 859. The number of aryl methyl sites for hydroxylation is 1. The molecule has 25 heavy (non-hydrogen) atoms. The minimum Gasteiger partial charge on any atom is -0.273 e. The van der Waals surface area contributed by atoms with Gasteiger partial charge in [-0.3, -0.25) is 4.79 Å². The summed E-state index contributed by atoms with van der Waals surface area (Å²) in [7, 11) is 0. The van der Waals surface area contributed by atoms with Crippen molar-refractivity contribution in [1.29, 1.82) is 0 Å². The lowest BCUT2D eigenvalue weighted by Crippen LogP contribution is -2.39. The van der Waals surface area contributed by atoms with Gasteiger partial charge in [0.05, 0.1) is 17.0 Å². The standard InChI is InChI=1S/C19H15F3N2O/c20-19(21,22)14-9-8-12-6-7-13-10-17(25)24(15-4-2-1-3-5-15)23-18(13)16(12)11-14/h1-5,8-9,11,13H,6-7,10H2. The number of benzene rings is 2. The molecule has 1 aliphatic carbocycles. The maximum absolute atomic E-state index is 13.1. The molecule has 0 fully saturated rings. The molecule has 2 aromatic rings. The number of carbonyl (C=O) groups is 1. The van der Waals surface area contributed by atoms with Gasteiger partial charge in [0.15, 0.2) is 0 Å². The lowest BCUT2D eigenvalue weighted by atomic mass is 9.79. The van der Waals surface area contributed by atoms with Gasteiger partial charge < -0.3 is 0 Å². The zero-order valence-corrected chi connectivity index (χ0v) is 13.3. The van der Waals surface area contributed by atoms with E-state index in [2.05, 4.69) is 5.10 Å². The third-order valence-electron chi connectivity index (χ3n) is 4.73. The third kappa shape index (κ3) is 2.81. The van der Waals surface area contributed by atoms with Crippen molar-refractivity contribution in [3.63, 3.8) is 0 Å². The lowest BCUT2D eigenvalue weighted by molar-refractivity contribution is -0.137. The number of fused-ring (bicyclic) bond motifs is 3. The first-order valence-corrected chi connectivity index (χ1v) is 8.10. The normalized spacial score (nSPS) is 20.0. The number of halogens is 3. The number of carbonyl (C=O) groups excluding carboxylic acids is 1. The Balaban J connectivity index is 1.82. The molecular formula is C19H15F3N2O. The van der Waals surface area contributed by atoms with Crippen LogP contribution in [-0.4, -0.2) is 11.6 Å². The van der Waals surface area contributed by atoms with Crippen molar-refractivity contribution in [2.45, 2.75) is 25.4 Å². The predicted molar refractivity (Wildman–Crippen MR) is 88.3 cm³/mol. The summed E-state index contributed by atoms with van der Waals surface area (Å²) in [6.07, 6.45) is -2.74. The highest BCUT2D eigenvalue weighted by Gasteiger charge is 2.37. The number of anilines is 1. The highest BCUT2D eigenvalue weighted by Crippen LogP contribution is 2.37. The van der Waals surface area contributed by atoms with Crippen molar-refractivity contribution < 1.29 is 18.0 Å². The van der Waals surface area contributed by atoms with Gasteiger partial charge >= 0.3 is 6.18 Å². The van der Waals surface area contributed by atoms with Crippen LogP contribution in [0.1, 0.15) is 29.5 Å². The highest BCUT2D eigenvalue weighted by atomic mass is 19.4. The second-order valence-corrected chi connectivity index (χ2v) is 6.34. The highest BCUT2D eigenvalue weighted by molar-refractivity contribution is 6.11. The van der Waals surface area contributed by atoms with E-state index in [1.165, 1.54) is 17.1 Å². The van der Waals surface area contributed by atoms with E-state index in [9.17, 15) is 18.0 Å². The molecule has 0 saturated heterocycles. The number of para-hydroxylation sites is 1. The Hall–Kier alpha value is -2.63. The number of hydrazone groups is 1. The van der Waals surface area contributed by atoms with Gasteiger partial charge in [0, 0.05) is 17.9 Å². The van der Waals surface area contributed by atoms with Gasteiger partial charge in [-0.25, -0.2) is 5.01 Å². The monoisotopic (exact) mass is 344 g/mol. The molecule has 2 aromatic carbocycles. The van der Waals surface area contributed by atoms with Gasteiger partial charge in [0.1, 0.15) is 0 Å². The summed E-state index contributed by atoms with van der Waals surface area (Å²) in [6, 6.07) is 12.8. The average Bonchev–Trinajstić information content (AvgIpc) is 2.60. The first kappa shape index (κ1) is 15.9. The molecule has 1 heterocycles. The molecule has 6 heteroatoms. The zero-order valence-electron chi connectivity index (χ0n) is 13.3. The van der Waals surface area contributed by atoms with E-state index < -0.39 is 11.7 Å². The number of nitrogens with zero attached hydrogens (tertiary/aromatic N) is 2. The fraction of sp³-hybridized carbons (Fsp3) is 0.263. The summed E-state index contributed by atoms with van der Waals surface area (Å²) in [5.41, 5.74) is 1.89. The lowest BCUT2D eigenvalue weighted by Gasteiger charge is -2.33. The largest absolute Gasteiger partial charge is 0.416 e. The molecule has 4 rings (SSSR count). The van der Waals surface area contributed by atoms with E-state index in [4.69, 9.17) is 0 Å². The van der Waals surface area contributed by atoms with Gasteiger partial charge in [-0.05, 0) is 42.7 Å². The van der Waals surface area contributed by atoms with Crippen molar-refractivity contribution in [2.75, 3.05) is 5.01 Å². The Labute approximate surface area is 142 Å². The number of amides is 1. The maximum atomic E-state index is 13.1. The molecule has 0 bridgehead atoms. The van der Waals surface area contributed by atoms with E-state index in [1.807, 2.05) is 6.07 Å². The Kier molecular flexibility index (Phi) is 3.63. The number of hydrogen-bond acceptors (Lipinski definition) is 2. The molecule has 0 spiro atoms. The van der Waals surface area contributed by atoms with Gasteiger partial charge in [-0.1, -0.05) is 24.3 Å². The smallest absolute Gasteiger partial charge is 0.273 e. The molecule has 3 nitrogen and oxygen atoms in total. The average molecular weight is 344 g/mol. The summed E-state index contributed by atoms with van der Waals surface area (Å²) in [5.74, 6) is -0.251. The van der Waals surface area contributed by atoms with Crippen LogP contribution in [0.2, 0.25) is 0 Å². The van der Waals surface area contributed by atoms with Crippen molar-refractivity contribution in [3.8, 4) is 0 Å². The van der Waals surface area contributed by atoms with Crippen LogP contribution in [0.3, 0.4) is 0 Å². The van der Waals surface area contributed by atoms with Crippen LogP contribution in [0.25, 0.3) is 0 Å². The van der Waals surface area contributed by atoms with E-state index in [-0.39, 0.29) is 18.2 Å². The molecule has 0 N–H and O–H groups in total. The topological polar surface area (TPSA) is 32.7 Å². The summed E-state index contributed by atoms with van der Waals surface area (Å²) in [6.45, 7) is 0. The van der Waals surface area contributed by atoms with Gasteiger partial charge in [-0.15, -0.1) is 0 Å². The molecule has 2 aliphatic rings. The van der Waals surface area contributed by atoms with Crippen LogP contribution < -0.4 is 5.01 Å². The minimum atomic E-state index is -4.40. The van der Waals surface area contributed by atoms with E-state index >= 15 is 0 Å². The predicted octanol–water partition coefficient (Wildman–Crippen LogP) is 4.41. The fourth-order valence-corrected chi connectivity index (χ4v) is 3.46. The minimum absolute atomic E-state index is 0.122. The molecule has 1 unspecified atom stereocenters. The number of hydrogen-bond donors (Lipinski definition) is 0. The molecule has 1 aliphatic heterocycles. The molecule has 1 atom stereocenters. The van der Waals surface area contributed by atoms with E-state index in [0.717, 1.165) is 18.1 Å². The Morgan fingerprint density at radius 1 is 1.08 bits per heavy atom. The van der Waals surface area contributed by atoms with Crippen LogP contribution in [-0.2, 0) is 17.4 Å². The number of alkyl halides is 3. The summed E-state index contributed by atoms with van der Waals surface area (Å²) >= 11 is 0. The molecule has 128 valence electrons.